The molecule has 2 heterocycles. The van der Waals surface area contributed by atoms with E-state index in [1.165, 1.54) is 5.75 Å². The summed E-state index contributed by atoms with van der Waals surface area (Å²) >= 11 is 1.95. The molecule has 4 heteroatoms. The molecule has 2 rings (SSSR count). The SMILES string of the molecule is CC1SCCC12COC(N)=N2. The number of rotatable bonds is 0. The molecule has 1 saturated heterocycles. The lowest BCUT2D eigenvalue weighted by Crippen LogP contribution is -2.33. The fourth-order valence-corrected chi connectivity index (χ4v) is 2.96. The summed E-state index contributed by atoms with van der Waals surface area (Å²) in [6, 6.07) is 0.374. The molecule has 0 amide bonds. The van der Waals surface area contributed by atoms with Gasteiger partial charge in [0.05, 0.1) is 0 Å². The van der Waals surface area contributed by atoms with Crippen molar-refractivity contribution in [2.24, 2.45) is 10.7 Å². The first kappa shape index (κ1) is 7.28. The number of ether oxygens (including phenoxy) is 1. The number of amidine groups is 1. The maximum atomic E-state index is 5.47. The van der Waals surface area contributed by atoms with Crippen molar-refractivity contribution in [3.05, 3.63) is 0 Å². The second-order valence-electron chi connectivity index (χ2n) is 3.11. The van der Waals surface area contributed by atoms with E-state index < -0.39 is 0 Å². The van der Waals surface area contributed by atoms with Crippen LogP contribution in [0.4, 0.5) is 0 Å². The number of nitrogens with two attached hydrogens (primary N) is 1. The summed E-state index contributed by atoms with van der Waals surface area (Å²) in [7, 11) is 0. The molecular formula is C7H12N2OS. The molecule has 1 spiro atoms. The Labute approximate surface area is 70.4 Å². The van der Waals surface area contributed by atoms with E-state index in [1.807, 2.05) is 11.8 Å². The van der Waals surface area contributed by atoms with Gasteiger partial charge in [0.15, 0.2) is 0 Å². The first-order valence-electron chi connectivity index (χ1n) is 3.83. The predicted octanol–water partition coefficient (Wildman–Crippen LogP) is 0.596. The number of thioether (sulfide) groups is 1. The van der Waals surface area contributed by atoms with Gasteiger partial charge in [-0.2, -0.15) is 11.8 Å². The Bertz CT molecular complexity index is 207. The summed E-state index contributed by atoms with van der Waals surface area (Å²) in [6.45, 7) is 2.89. The van der Waals surface area contributed by atoms with Gasteiger partial charge < -0.3 is 10.5 Å². The Kier molecular flexibility index (Phi) is 1.52. The van der Waals surface area contributed by atoms with E-state index in [0.717, 1.165) is 6.42 Å². The smallest absolute Gasteiger partial charge is 0.282 e. The molecule has 0 radical (unpaired) electrons. The van der Waals surface area contributed by atoms with Crippen LogP contribution in [0.5, 0.6) is 0 Å². The van der Waals surface area contributed by atoms with Crippen molar-refractivity contribution in [3.63, 3.8) is 0 Å². The van der Waals surface area contributed by atoms with Gasteiger partial charge >= 0.3 is 0 Å². The molecule has 11 heavy (non-hydrogen) atoms. The quantitative estimate of drug-likeness (QED) is 0.582. The van der Waals surface area contributed by atoms with Crippen molar-refractivity contribution in [2.45, 2.75) is 24.1 Å². The first-order chi connectivity index (χ1) is 5.23. The van der Waals surface area contributed by atoms with Crippen LogP contribution in [0.15, 0.2) is 4.99 Å². The highest BCUT2D eigenvalue weighted by atomic mass is 32.2. The Balaban J connectivity index is 2.22. The van der Waals surface area contributed by atoms with Crippen LogP contribution in [-0.4, -0.2) is 29.2 Å². The Hall–Kier alpha value is -0.380. The van der Waals surface area contributed by atoms with Crippen LogP contribution >= 0.6 is 11.8 Å². The minimum atomic E-state index is 0.0226. The third kappa shape index (κ3) is 1.00. The summed E-state index contributed by atoms with van der Waals surface area (Å²) in [5.41, 5.74) is 5.49. The zero-order valence-corrected chi connectivity index (χ0v) is 7.36. The molecule has 2 aliphatic rings. The van der Waals surface area contributed by atoms with Gasteiger partial charge in [0.2, 0.25) is 0 Å². The van der Waals surface area contributed by atoms with E-state index in [0.29, 0.717) is 17.9 Å². The number of nitrogens with zero attached hydrogens (tertiary/aromatic N) is 1. The molecule has 1 fully saturated rings. The Morgan fingerprint density at radius 2 is 2.64 bits per heavy atom. The van der Waals surface area contributed by atoms with Crippen LogP contribution in [0.2, 0.25) is 0 Å². The average Bonchev–Trinajstić information content (AvgIpc) is 2.46. The maximum Gasteiger partial charge on any atom is 0.282 e. The molecule has 62 valence electrons. The van der Waals surface area contributed by atoms with Gasteiger partial charge in [-0.05, 0) is 12.2 Å². The van der Waals surface area contributed by atoms with Crippen molar-refractivity contribution >= 4 is 17.8 Å². The van der Waals surface area contributed by atoms with Crippen molar-refractivity contribution in [1.29, 1.82) is 0 Å². The number of hydrogen-bond donors (Lipinski definition) is 1. The topological polar surface area (TPSA) is 47.6 Å². The van der Waals surface area contributed by atoms with Gasteiger partial charge in [0.1, 0.15) is 12.1 Å². The zero-order valence-electron chi connectivity index (χ0n) is 6.54. The van der Waals surface area contributed by atoms with Crippen LogP contribution < -0.4 is 5.73 Å². The fourth-order valence-electron chi connectivity index (χ4n) is 1.59. The second-order valence-corrected chi connectivity index (χ2v) is 4.55. The first-order valence-corrected chi connectivity index (χ1v) is 4.87. The summed E-state index contributed by atoms with van der Waals surface area (Å²) in [4.78, 5) is 4.35. The monoisotopic (exact) mass is 172 g/mol. The molecule has 2 unspecified atom stereocenters. The molecule has 2 N–H and O–H groups in total. The van der Waals surface area contributed by atoms with Crippen molar-refractivity contribution in [1.82, 2.24) is 0 Å². The van der Waals surface area contributed by atoms with Crippen LogP contribution in [-0.2, 0) is 4.74 Å². The summed E-state index contributed by atoms with van der Waals surface area (Å²) in [5.74, 6) is 1.18. The minimum absolute atomic E-state index is 0.0226. The summed E-state index contributed by atoms with van der Waals surface area (Å²) in [6.07, 6.45) is 1.11. The van der Waals surface area contributed by atoms with Gasteiger partial charge in [-0.1, -0.05) is 6.92 Å². The Morgan fingerprint density at radius 3 is 3.09 bits per heavy atom. The van der Waals surface area contributed by atoms with Gasteiger partial charge in [0.25, 0.3) is 6.02 Å². The van der Waals surface area contributed by atoms with E-state index in [1.54, 1.807) is 0 Å². The van der Waals surface area contributed by atoms with Gasteiger partial charge in [0, 0.05) is 5.25 Å². The summed E-state index contributed by atoms with van der Waals surface area (Å²) < 4.78 is 5.18. The third-order valence-corrected chi connectivity index (χ3v) is 3.84. The highest BCUT2D eigenvalue weighted by Crippen LogP contribution is 2.40. The van der Waals surface area contributed by atoms with E-state index in [4.69, 9.17) is 10.5 Å². The standard InChI is InChI=1S/C7H12N2OS/c1-5-7(2-3-11-5)4-10-6(8)9-7/h5H,2-4H2,1H3,(H2,8,9). The highest BCUT2D eigenvalue weighted by molar-refractivity contribution is 8.00. The molecule has 0 bridgehead atoms. The van der Waals surface area contributed by atoms with Crippen molar-refractivity contribution < 1.29 is 4.74 Å². The van der Waals surface area contributed by atoms with Gasteiger partial charge in [-0.15, -0.1) is 0 Å². The highest BCUT2D eigenvalue weighted by Gasteiger charge is 2.45. The minimum Gasteiger partial charge on any atom is -0.463 e. The van der Waals surface area contributed by atoms with E-state index in [-0.39, 0.29) is 5.54 Å². The lowest BCUT2D eigenvalue weighted by molar-refractivity contribution is 0.253. The average molecular weight is 172 g/mol. The normalized spacial score (nSPS) is 42.6. The number of hydrogen-bond acceptors (Lipinski definition) is 4. The maximum absolute atomic E-state index is 5.47. The lowest BCUT2D eigenvalue weighted by Gasteiger charge is -2.20. The van der Waals surface area contributed by atoms with Crippen LogP contribution in [0.1, 0.15) is 13.3 Å². The van der Waals surface area contributed by atoms with Crippen molar-refractivity contribution in [3.8, 4) is 0 Å². The van der Waals surface area contributed by atoms with Gasteiger partial charge in [-0.25, -0.2) is 4.99 Å². The second kappa shape index (κ2) is 2.30. The van der Waals surface area contributed by atoms with Crippen LogP contribution in [0.3, 0.4) is 0 Å². The van der Waals surface area contributed by atoms with E-state index in [9.17, 15) is 0 Å². The van der Waals surface area contributed by atoms with E-state index in [2.05, 4.69) is 11.9 Å². The molecule has 0 aromatic rings. The zero-order chi connectivity index (χ0) is 7.90. The Morgan fingerprint density at radius 1 is 1.82 bits per heavy atom. The molecule has 3 nitrogen and oxygen atoms in total. The third-order valence-electron chi connectivity index (χ3n) is 2.46. The molecule has 0 aliphatic carbocycles. The summed E-state index contributed by atoms with van der Waals surface area (Å²) in [5, 5.41) is 0.559. The fraction of sp³-hybridized carbons (Fsp3) is 0.857. The molecular weight excluding hydrogens is 160 g/mol. The number of aliphatic imine (C=N–C) groups is 1. The molecule has 0 saturated carbocycles. The van der Waals surface area contributed by atoms with Gasteiger partial charge in [-0.3, -0.25) is 0 Å². The van der Waals surface area contributed by atoms with Crippen LogP contribution in [0.25, 0.3) is 0 Å². The van der Waals surface area contributed by atoms with E-state index >= 15 is 0 Å². The largest absolute Gasteiger partial charge is 0.463 e. The lowest BCUT2D eigenvalue weighted by atomic mass is 9.95. The molecule has 2 atom stereocenters. The predicted molar refractivity (Wildman–Crippen MR) is 46.8 cm³/mol. The van der Waals surface area contributed by atoms with Crippen LogP contribution in [0, 0.1) is 0 Å². The molecule has 2 aliphatic heterocycles. The van der Waals surface area contributed by atoms with Crippen molar-refractivity contribution in [2.75, 3.05) is 12.4 Å². The molecule has 0 aromatic carbocycles. The molecule has 0 aromatic heterocycles.